The predicted octanol–water partition coefficient (Wildman–Crippen LogP) is 9.47. The summed E-state index contributed by atoms with van der Waals surface area (Å²) in [4.78, 5) is 28.3. The number of hydrogen-bond acceptors (Lipinski definition) is 7. The smallest absolute Gasteiger partial charge is 0.343 e. The van der Waals surface area contributed by atoms with E-state index < -0.39 is 5.97 Å². The molecule has 0 heterocycles. The Bertz CT molecular complexity index is 1360. The number of aromatic hydroxyl groups is 1. The number of nitrogens with zero attached hydrogens (tertiary/aromatic N) is 1. The molecule has 0 radical (unpaired) electrons. The van der Waals surface area contributed by atoms with E-state index in [0.717, 1.165) is 31.4 Å². The molecule has 0 bridgehead atoms. The van der Waals surface area contributed by atoms with Crippen molar-refractivity contribution in [1.82, 2.24) is 0 Å². The van der Waals surface area contributed by atoms with Gasteiger partial charge >= 0.3 is 11.9 Å². The van der Waals surface area contributed by atoms with Crippen molar-refractivity contribution in [2.24, 2.45) is 4.99 Å². The number of phenols is 1. The van der Waals surface area contributed by atoms with E-state index >= 15 is 0 Å². The van der Waals surface area contributed by atoms with Gasteiger partial charge in [0.15, 0.2) is 0 Å². The highest BCUT2D eigenvalue weighted by molar-refractivity contribution is 5.91. The van der Waals surface area contributed by atoms with E-state index in [1.807, 2.05) is 19.1 Å². The quantitative estimate of drug-likeness (QED) is 0.0665. The minimum absolute atomic E-state index is 0.0120. The van der Waals surface area contributed by atoms with Crippen molar-refractivity contribution < 1.29 is 28.9 Å². The van der Waals surface area contributed by atoms with Gasteiger partial charge in [0.1, 0.15) is 17.2 Å². The van der Waals surface area contributed by atoms with E-state index in [2.05, 4.69) is 17.1 Å². The fourth-order valence-corrected chi connectivity index (χ4v) is 5.53. The van der Waals surface area contributed by atoms with Crippen LogP contribution in [0.15, 0.2) is 71.7 Å². The van der Waals surface area contributed by atoms with Crippen molar-refractivity contribution in [3.05, 3.63) is 83.4 Å². The van der Waals surface area contributed by atoms with Crippen molar-refractivity contribution in [3.63, 3.8) is 0 Å². The summed E-state index contributed by atoms with van der Waals surface area (Å²) in [6, 6.07) is 20.0. The normalized spacial score (nSPS) is 13.3. The molecule has 3 aromatic carbocycles. The van der Waals surface area contributed by atoms with Crippen LogP contribution in [-0.2, 0) is 9.53 Å². The molecule has 1 aliphatic rings. The van der Waals surface area contributed by atoms with Crippen LogP contribution in [0.5, 0.6) is 17.2 Å². The highest BCUT2D eigenvalue weighted by atomic mass is 16.5. The number of carbonyl (C=O) groups excluding carboxylic acids is 2. The lowest BCUT2D eigenvalue weighted by atomic mass is 9.98. The largest absolute Gasteiger partial charge is 0.507 e. The highest BCUT2D eigenvalue weighted by Crippen LogP contribution is 2.34. The summed E-state index contributed by atoms with van der Waals surface area (Å²) in [5.74, 6) is 0.998. The van der Waals surface area contributed by atoms with E-state index in [1.165, 1.54) is 63.0 Å². The minimum Gasteiger partial charge on any atom is -0.507 e. The van der Waals surface area contributed by atoms with Crippen LogP contribution < -0.4 is 9.47 Å². The zero-order valence-electron chi connectivity index (χ0n) is 26.5. The van der Waals surface area contributed by atoms with Gasteiger partial charge in [-0.15, -0.1) is 0 Å². The third-order valence-electron chi connectivity index (χ3n) is 8.23. The molecule has 3 aromatic rings. The molecular formula is C38H47NO6. The predicted molar refractivity (Wildman–Crippen MR) is 178 cm³/mol. The van der Waals surface area contributed by atoms with Crippen molar-refractivity contribution in [3.8, 4) is 17.2 Å². The van der Waals surface area contributed by atoms with Crippen LogP contribution >= 0.6 is 0 Å². The number of aliphatic imine (C=N–C) groups is 1. The van der Waals surface area contributed by atoms with Gasteiger partial charge in [-0.3, -0.25) is 9.79 Å². The Labute approximate surface area is 267 Å². The van der Waals surface area contributed by atoms with Crippen LogP contribution in [-0.4, -0.2) is 36.5 Å². The molecule has 0 aromatic heterocycles. The van der Waals surface area contributed by atoms with Crippen molar-refractivity contribution >= 4 is 23.8 Å². The Balaban J connectivity index is 1.11. The molecule has 0 spiro atoms. The molecule has 1 saturated carbocycles. The van der Waals surface area contributed by atoms with E-state index in [-0.39, 0.29) is 17.5 Å². The van der Waals surface area contributed by atoms with E-state index in [0.29, 0.717) is 42.4 Å². The molecule has 0 aliphatic heterocycles. The number of unbranched alkanes of at least 4 members (excludes halogenated alkanes) is 7. The molecule has 1 N–H and O–H groups in total. The fourth-order valence-electron chi connectivity index (χ4n) is 5.53. The van der Waals surface area contributed by atoms with E-state index in [9.17, 15) is 14.7 Å². The molecule has 4 rings (SSSR count). The lowest BCUT2D eigenvalue weighted by Gasteiger charge is -2.09. The number of rotatable bonds is 18. The molecule has 1 fully saturated rings. The first-order chi connectivity index (χ1) is 22.0. The van der Waals surface area contributed by atoms with E-state index in [1.54, 1.807) is 42.6 Å². The van der Waals surface area contributed by atoms with Crippen molar-refractivity contribution in [2.75, 3.05) is 13.2 Å². The van der Waals surface area contributed by atoms with Gasteiger partial charge in [-0.1, -0.05) is 70.4 Å². The first-order valence-corrected chi connectivity index (χ1v) is 16.6. The Morgan fingerprint density at radius 1 is 0.800 bits per heavy atom. The van der Waals surface area contributed by atoms with Crippen molar-refractivity contribution in [1.29, 1.82) is 0 Å². The SMILES string of the molecule is CCC(=O)OCCCCCCCCCCOc1ccc(C(=O)Oc2ccc(C=Nc3ccc(C4CCCC4)cc3)c(O)c2)cc1. The average molecular weight is 614 g/mol. The van der Waals surface area contributed by atoms with Gasteiger partial charge in [0.2, 0.25) is 0 Å². The highest BCUT2D eigenvalue weighted by Gasteiger charge is 2.16. The van der Waals surface area contributed by atoms with Crippen LogP contribution in [0.25, 0.3) is 0 Å². The van der Waals surface area contributed by atoms with Gasteiger partial charge in [0, 0.05) is 24.3 Å². The minimum atomic E-state index is -0.508. The number of hydrogen-bond donors (Lipinski definition) is 1. The lowest BCUT2D eigenvalue weighted by Crippen LogP contribution is -2.08. The molecule has 7 nitrogen and oxygen atoms in total. The molecule has 0 atom stereocenters. The second-order valence-electron chi connectivity index (χ2n) is 11.7. The second-order valence-corrected chi connectivity index (χ2v) is 11.7. The number of benzene rings is 3. The molecule has 0 saturated heterocycles. The van der Waals surface area contributed by atoms with Crippen LogP contribution in [0.4, 0.5) is 5.69 Å². The third kappa shape index (κ3) is 11.7. The summed E-state index contributed by atoms with van der Waals surface area (Å²) in [7, 11) is 0. The number of ether oxygens (including phenoxy) is 3. The zero-order valence-corrected chi connectivity index (χ0v) is 26.5. The summed E-state index contributed by atoms with van der Waals surface area (Å²) < 4.78 is 16.4. The molecule has 7 heteroatoms. The molecule has 240 valence electrons. The third-order valence-corrected chi connectivity index (χ3v) is 8.23. The molecule has 45 heavy (non-hydrogen) atoms. The Morgan fingerprint density at radius 3 is 2.07 bits per heavy atom. The maximum Gasteiger partial charge on any atom is 0.343 e. The monoisotopic (exact) mass is 613 g/mol. The Kier molecular flexibility index (Phi) is 14.0. The van der Waals surface area contributed by atoms with Crippen LogP contribution in [0.2, 0.25) is 0 Å². The summed E-state index contributed by atoms with van der Waals surface area (Å²) in [6.45, 7) is 2.98. The van der Waals surface area contributed by atoms with Crippen molar-refractivity contribution in [2.45, 2.75) is 96.3 Å². The van der Waals surface area contributed by atoms with Gasteiger partial charge in [0.05, 0.1) is 24.5 Å². The second kappa shape index (κ2) is 18.6. The molecule has 1 aliphatic carbocycles. The van der Waals surface area contributed by atoms with Crippen LogP contribution in [0.1, 0.15) is 118 Å². The molecule has 0 unspecified atom stereocenters. The van der Waals surface area contributed by atoms with Gasteiger partial charge in [-0.05, 0) is 85.7 Å². The topological polar surface area (TPSA) is 94.4 Å². The van der Waals surface area contributed by atoms with Crippen LogP contribution in [0, 0.1) is 0 Å². The summed E-state index contributed by atoms with van der Waals surface area (Å²) in [5, 5.41) is 10.5. The maximum absolute atomic E-state index is 12.7. The Morgan fingerprint density at radius 2 is 1.42 bits per heavy atom. The lowest BCUT2D eigenvalue weighted by molar-refractivity contribution is -0.143. The first-order valence-electron chi connectivity index (χ1n) is 16.6. The zero-order chi connectivity index (χ0) is 31.7. The van der Waals surface area contributed by atoms with E-state index in [4.69, 9.17) is 14.2 Å². The van der Waals surface area contributed by atoms with Gasteiger partial charge in [-0.25, -0.2) is 4.79 Å². The standard InChI is InChI=1S/C38H47NO6/c1-2-37(41)44-26-12-8-6-4-3-5-7-11-25-43-34-22-17-31(18-23-34)38(42)45-35-24-19-32(36(40)27-35)28-39-33-20-15-30(16-21-33)29-13-9-10-14-29/h15-24,27-29,40H,2-14,25-26H2,1H3. The summed E-state index contributed by atoms with van der Waals surface area (Å²) in [5.41, 5.74) is 3.14. The first kappa shape index (κ1) is 33.8. The summed E-state index contributed by atoms with van der Waals surface area (Å²) >= 11 is 0. The van der Waals surface area contributed by atoms with Gasteiger partial charge in [-0.2, -0.15) is 0 Å². The number of esters is 2. The number of carbonyl (C=O) groups is 2. The number of phenolic OH excluding ortho intramolecular Hbond substituents is 1. The van der Waals surface area contributed by atoms with Gasteiger partial charge in [0.25, 0.3) is 0 Å². The molecular weight excluding hydrogens is 566 g/mol. The Hall–Kier alpha value is -4.13. The summed E-state index contributed by atoms with van der Waals surface area (Å²) in [6.07, 6.45) is 16.1. The fraction of sp³-hybridized carbons (Fsp3) is 0.447. The van der Waals surface area contributed by atoms with Gasteiger partial charge < -0.3 is 19.3 Å². The maximum atomic E-state index is 12.7. The van der Waals surface area contributed by atoms with Crippen LogP contribution in [0.3, 0.4) is 0 Å². The molecule has 0 amide bonds. The average Bonchev–Trinajstić information content (AvgIpc) is 3.60.